The van der Waals surface area contributed by atoms with Crippen molar-refractivity contribution in [2.24, 2.45) is 0 Å². The Morgan fingerprint density at radius 3 is 1.75 bits per heavy atom. The summed E-state index contributed by atoms with van der Waals surface area (Å²) in [6.07, 6.45) is 6.34. The fourth-order valence-corrected chi connectivity index (χ4v) is 2.54. The third-order valence-electron chi connectivity index (χ3n) is 3.55. The number of rotatable bonds is 5. The fourth-order valence-electron chi connectivity index (χ4n) is 2.54. The molecule has 0 aliphatic heterocycles. The lowest BCUT2D eigenvalue weighted by Crippen LogP contribution is -2.01. The van der Waals surface area contributed by atoms with Gasteiger partial charge in [0.05, 0.1) is 0 Å². The van der Waals surface area contributed by atoms with Crippen molar-refractivity contribution in [2.45, 2.75) is 0 Å². The number of carbonyl (C=O) groups excluding carboxylic acids is 3. The molecular weight excluding hydrogens is 306 g/mol. The highest BCUT2D eigenvalue weighted by atomic mass is 16.1. The summed E-state index contributed by atoms with van der Waals surface area (Å²) in [5, 5.41) is 0. The molecular formula is C18H11N3O3. The van der Waals surface area contributed by atoms with Crippen molar-refractivity contribution >= 4 is 18.9 Å². The molecule has 0 saturated heterocycles. The third kappa shape index (κ3) is 2.61. The molecule has 6 heteroatoms. The molecule has 0 N–H and O–H groups in total. The SMILES string of the molecule is O=Cc1ncccc1-c1ccnc(C=O)c1-c1cccnc1C=O. The summed E-state index contributed by atoms with van der Waals surface area (Å²) in [4.78, 5) is 46.3. The zero-order chi connectivity index (χ0) is 16.9. The van der Waals surface area contributed by atoms with E-state index in [1.54, 1.807) is 30.3 Å². The van der Waals surface area contributed by atoms with Crippen LogP contribution in [0.4, 0.5) is 0 Å². The molecule has 6 nitrogen and oxygen atoms in total. The highest BCUT2D eigenvalue weighted by Crippen LogP contribution is 2.35. The average molecular weight is 317 g/mol. The largest absolute Gasteiger partial charge is 0.296 e. The fraction of sp³-hybridized carbons (Fsp3) is 0. The molecule has 0 aromatic carbocycles. The maximum Gasteiger partial charge on any atom is 0.169 e. The van der Waals surface area contributed by atoms with Gasteiger partial charge in [-0.05, 0) is 23.8 Å². The van der Waals surface area contributed by atoms with Crippen LogP contribution in [0.15, 0.2) is 48.9 Å². The number of carbonyl (C=O) groups is 3. The predicted octanol–water partition coefficient (Wildman–Crippen LogP) is 2.64. The Kier molecular flexibility index (Phi) is 4.29. The summed E-state index contributed by atoms with van der Waals surface area (Å²) in [6.45, 7) is 0. The lowest BCUT2D eigenvalue weighted by atomic mass is 9.92. The topological polar surface area (TPSA) is 89.9 Å². The first-order valence-electron chi connectivity index (χ1n) is 7.05. The summed E-state index contributed by atoms with van der Waals surface area (Å²) in [7, 11) is 0. The Morgan fingerprint density at radius 1 is 0.583 bits per heavy atom. The summed E-state index contributed by atoms with van der Waals surface area (Å²) < 4.78 is 0. The van der Waals surface area contributed by atoms with Gasteiger partial charge in [0, 0.05) is 35.3 Å². The zero-order valence-corrected chi connectivity index (χ0v) is 12.4. The summed E-state index contributed by atoms with van der Waals surface area (Å²) >= 11 is 0. The van der Waals surface area contributed by atoms with Gasteiger partial charge in [-0.3, -0.25) is 29.3 Å². The van der Waals surface area contributed by atoms with Gasteiger partial charge in [-0.1, -0.05) is 12.1 Å². The second-order valence-corrected chi connectivity index (χ2v) is 4.84. The summed E-state index contributed by atoms with van der Waals surface area (Å²) in [5.41, 5.74) is 2.62. The van der Waals surface area contributed by atoms with Gasteiger partial charge in [0.2, 0.25) is 0 Å². The van der Waals surface area contributed by atoms with Crippen LogP contribution in [0.5, 0.6) is 0 Å². The maximum absolute atomic E-state index is 11.5. The third-order valence-corrected chi connectivity index (χ3v) is 3.55. The molecule has 0 bridgehead atoms. The zero-order valence-electron chi connectivity index (χ0n) is 12.4. The molecule has 0 aliphatic carbocycles. The Labute approximate surface area is 137 Å². The lowest BCUT2D eigenvalue weighted by molar-refractivity contribution is 0.111. The van der Waals surface area contributed by atoms with E-state index in [-0.39, 0.29) is 17.1 Å². The molecule has 3 rings (SSSR count). The van der Waals surface area contributed by atoms with Crippen LogP contribution < -0.4 is 0 Å². The van der Waals surface area contributed by atoms with Gasteiger partial charge >= 0.3 is 0 Å². The van der Waals surface area contributed by atoms with Crippen molar-refractivity contribution < 1.29 is 14.4 Å². The van der Waals surface area contributed by atoms with Crippen LogP contribution in [-0.4, -0.2) is 33.8 Å². The Hall–Kier alpha value is -3.54. The number of aldehydes is 3. The van der Waals surface area contributed by atoms with Crippen LogP contribution in [0.3, 0.4) is 0 Å². The quantitative estimate of drug-likeness (QED) is 0.672. The lowest BCUT2D eigenvalue weighted by Gasteiger charge is -2.13. The molecule has 0 aliphatic rings. The number of pyridine rings is 3. The summed E-state index contributed by atoms with van der Waals surface area (Å²) in [6, 6.07) is 8.44. The molecule has 0 unspecified atom stereocenters. The van der Waals surface area contributed by atoms with Crippen LogP contribution in [0.1, 0.15) is 31.5 Å². The standard InChI is InChI=1S/C18H11N3O3/c22-9-15-12(3-1-6-19-15)13-5-8-21-17(11-24)18(13)14-4-2-7-20-16(14)10-23/h1-11H. The molecule has 3 aromatic heterocycles. The molecule has 116 valence electrons. The van der Waals surface area contributed by atoms with Crippen LogP contribution in [0, 0.1) is 0 Å². The van der Waals surface area contributed by atoms with Crippen molar-refractivity contribution in [3.05, 3.63) is 66.0 Å². The van der Waals surface area contributed by atoms with Crippen LogP contribution in [-0.2, 0) is 0 Å². The van der Waals surface area contributed by atoms with Gasteiger partial charge in [-0.15, -0.1) is 0 Å². The van der Waals surface area contributed by atoms with Gasteiger partial charge in [0.15, 0.2) is 18.9 Å². The molecule has 0 spiro atoms. The molecule has 0 radical (unpaired) electrons. The Balaban J connectivity index is 2.39. The van der Waals surface area contributed by atoms with E-state index in [9.17, 15) is 14.4 Å². The van der Waals surface area contributed by atoms with Gasteiger partial charge in [0.25, 0.3) is 0 Å². The van der Waals surface area contributed by atoms with Crippen molar-refractivity contribution in [1.82, 2.24) is 15.0 Å². The second kappa shape index (κ2) is 6.70. The Bertz CT molecular complexity index is 938. The first-order valence-corrected chi connectivity index (χ1v) is 7.05. The van der Waals surface area contributed by atoms with E-state index >= 15 is 0 Å². The minimum Gasteiger partial charge on any atom is -0.296 e. The first kappa shape index (κ1) is 15.4. The summed E-state index contributed by atoms with van der Waals surface area (Å²) in [5.74, 6) is 0. The van der Waals surface area contributed by atoms with E-state index in [1.165, 1.54) is 18.6 Å². The number of hydrogen-bond acceptors (Lipinski definition) is 6. The monoisotopic (exact) mass is 317 g/mol. The van der Waals surface area contributed by atoms with Crippen LogP contribution in [0.2, 0.25) is 0 Å². The van der Waals surface area contributed by atoms with Gasteiger partial charge in [-0.2, -0.15) is 0 Å². The van der Waals surface area contributed by atoms with E-state index < -0.39 is 0 Å². The highest BCUT2D eigenvalue weighted by molar-refractivity contribution is 6.00. The Morgan fingerprint density at radius 2 is 1.12 bits per heavy atom. The van der Waals surface area contributed by atoms with E-state index in [0.29, 0.717) is 41.1 Å². The minimum absolute atomic E-state index is 0.157. The number of aromatic nitrogens is 3. The molecule has 24 heavy (non-hydrogen) atoms. The smallest absolute Gasteiger partial charge is 0.169 e. The van der Waals surface area contributed by atoms with Gasteiger partial charge in [0.1, 0.15) is 17.1 Å². The molecule has 3 aromatic rings. The second-order valence-electron chi connectivity index (χ2n) is 4.84. The van der Waals surface area contributed by atoms with Gasteiger partial charge < -0.3 is 0 Å². The normalized spacial score (nSPS) is 10.2. The maximum atomic E-state index is 11.5. The van der Waals surface area contributed by atoms with Crippen molar-refractivity contribution in [3.63, 3.8) is 0 Å². The predicted molar refractivity (Wildman–Crippen MR) is 86.9 cm³/mol. The minimum atomic E-state index is 0.157. The van der Waals surface area contributed by atoms with Crippen molar-refractivity contribution in [2.75, 3.05) is 0 Å². The van der Waals surface area contributed by atoms with E-state index in [0.717, 1.165) is 0 Å². The molecule has 0 fully saturated rings. The highest BCUT2D eigenvalue weighted by Gasteiger charge is 2.18. The van der Waals surface area contributed by atoms with Crippen molar-refractivity contribution in [1.29, 1.82) is 0 Å². The molecule has 0 amide bonds. The van der Waals surface area contributed by atoms with Crippen LogP contribution in [0.25, 0.3) is 22.3 Å². The molecule has 0 saturated carbocycles. The van der Waals surface area contributed by atoms with E-state index in [2.05, 4.69) is 15.0 Å². The molecule has 0 atom stereocenters. The first-order chi connectivity index (χ1) is 11.8. The number of nitrogens with zero attached hydrogens (tertiary/aromatic N) is 3. The number of hydrogen-bond donors (Lipinski definition) is 0. The molecule has 3 heterocycles. The van der Waals surface area contributed by atoms with E-state index in [4.69, 9.17) is 0 Å². The van der Waals surface area contributed by atoms with Gasteiger partial charge in [-0.25, -0.2) is 0 Å². The van der Waals surface area contributed by atoms with Crippen molar-refractivity contribution in [3.8, 4) is 22.3 Å². The average Bonchev–Trinajstić information content (AvgIpc) is 2.67. The van der Waals surface area contributed by atoms with Crippen LogP contribution >= 0.6 is 0 Å². The van der Waals surface area contributed by atoms with E-state index in [1.807, 2.05) is 0 Å².